The summed E-state index contributed by atoms with van der Waals surface area (Å²) in [5.74, 6) is -0.697. The van der Waals surface area contributed by atoms with Crippen molar-refractivity contribution in [1.82, 2.24) is 5.43 Å². The Balaban J connectivity index is 1.75. The number of anilines is 1. The van der Waals surface area contributed by atoms with Crippen molar-refractivity contribution in [1.29, 1.82) is 0 Å². The maximum absolute atomic E-state index is 11.8. The summed E-state index contributed by atoms with van der Waals surface area (Å²) in [4.78, 5) is 33.6. The monoisotopic (exact) mass is 418 g/mol. The minimum Gasteiger partial charge on any atom is -0.325 e. The summed E-state index contributed by atoms with van der Waals surface area (Å²) >= 11 is 3.32. The lowest BCUT2D eigenvalue weighted by molar-refractivity contribution is -0.384. The Bertz CT molecular complexity index is 837. The highest BCUT2D eigenvalue weighted by atomic mass is 79.9. The third kappa shape index (κ3) is 6.10. The summed E-state index contributed by atoms with van der Waals surface area (Å²) in [6.45, 7) is 0. The Morgan fingerprint density at radius 2 is 1.73 bits per heavy atom. The van der Waals surface area contributed by atoms with Gasteiger partial charge < -0.3 is 5.32 Å². The molecule has 2 N–H and O–H groups in total. The number of rotatable bonds is 7. The van der Waals surface area contributed by atoms with Gasteiger partial charge >= 0.3 is 0 Å². The number of nitro benzene ring substituents is 1. The van der Waals surface area contributed by atoms with Crippen molar-refractivity contribution in [3.63, 3.8) is 0 Å². The molecule has 0 bridgehead atoms. The van der Waals surface area contributed by atoms with Gasteiger partial charge in [-0.3, -0.25) is 19.7 Å². The Hall–Kier alpha value is -3.07. The number of amides is 2. The van der Waals surface area contributed by atoms with Gasteiger partial charge in [0.05, 0.1) is 16.8 Å². The van der Waals surface area contributed by atoms with Crippen LogP contribution in [-0.4, -0.2) is 23.0 Å². The lowest BCUT2D eigenvalue weighted by atomic mass is 10.2. The second kappa shape index (κ2) is 9.42. The molecule has 0 saturated carbocycles. The van der Waals surface area contributed by atoms with Crippen molar-refractivity contribution in [2.45, 2.75) is 12.8 Å². The number of non-ortho nitro benzene ring substituents is 1. The highest BCUT2D eigenvalue weighted by molar-refractivity contribution is 9.10. The van der Waals surface area contributed by atoms with Gasteiger partial charge in [0.15, 0.2) is 0 Å². The molecule has 2 aromatic carbocycles. The van der Waals surface area contributed by atoms with Crippen molar-refractivity contribution < 1.29 is 14.5 Å². The first-order chi connectivity index (χ1) is 12.5. The highest BCUT2D eigenvalue weighted by Gasteiger charge is 2.08. The second-order valence-corrected chi connectivity index (χ2v) is 6.02. The number of nitro groups is 1. The zero-order valence-corrected chi connectivity index (χ0v) is 15.1. The molecule has 8 nitrogen and oxygen atoms in total. The van der Waals surface area contributed by atoms with E-state index in [-0.39, 0.29) is 24.4 Å². The number of hydrogen-bond acceptors (Lipinski definition) is 5. The van der Waals surface area contributed by atoms with E-state index < -0.39 is 10.8 Å². The van der Waals surface area contributed by atoms with Crippen LogP contribution in [0.1, 0.15) is 18.4 Å². The first-order valence-corrected chi connectivity index (χ1v) is 8.36. The lowest BCUT2D eigenvalue weighted by Gasteiger charge is -2.06. The molecular formula is C17H15BrN4O4. The van der Waals surface area contributed by atoms with Crippen LogP contribution in [0.25, 0.3) is 0 Å². The molecule has 0 atom stereocenters. The number of benzene rings is 2. The van der Waals surface area contributed by atoms with Gasteiger partial charge in [-0.25, -0.2) is 5.43 Å². The molecule has 0 aliphatic rings. The van der Waals surface area contributed by atoms with Gasteiger partial charge in [-0.15, -0.1) is 0 Å². The molecule has 2 rings (SSSR count). The van der Waals surface area contributed by atoms with E-state index in [1.54, 1.807) is 18.2 Å². The molecular weight excluding hydrogens is 404 g/mol. The van der Waals surface area contributed by atoms with Gasteiger partial charge in [0.1, 0.15) is 0 Å². The third-order valence-corrected chi connectivity index (χ3v) is 3.93. The Morgan fingerprint density at radius 3 is 2.38 bits per heavy atom. The summed E-state index contributed by atoms with van der Waals surface area (Å²) in [5.41, 5.74) is 3.51. The van der Waals surface area contributed by atoms with E-state index in [1.165, 1.54) is 30.5 Å². The van der Waals surface area contributed by atoms with E-state index in [4.69, 9.17) is 0 Å². The molecule has 134 valence electrons. The molecule has 0 radical (unpaired) electrons. The fourth-order valence-corrected chi connectivity index (χ4v) is 2.30. The number of hydrazone groups is 1. The number of carbonyl (C=O) groups is 2. The van der Waals surface area contributed by atoms with Crippen molar-refractivity contribution in [3.05, 3.63) is 68.7 Å². The molecule has 2 amide bonds. The second-order valence-electron chi connectivity index (χ2n) is 5.17. The summed E-state index contributed by atoms with van der Waals surface area (Å²) in [5, 5.41) is 17.0. The van der Waals surface area contributed by atoms with E-state index in [2.05, 4.69) is 31.8 Å². The number of halogens is 1. The van der Waals surface area contributed by atoms with Crippen LogP contribution < -0.4 is 10.7 Å². The fraction of sp³-hybridized carbons (Fsp3) is 0.118. The van der Waals surface area contributed by atoms with Crippen LogP contribution in [0.2, 0.25) is 0 Å². The quantitative estimate of drug-likeness (QED) is 0.408. The third-order valence-electron chi connectivity index (χ3n) is 3.23. The van der Waals surface area contributed by atoms with Crippen molar-refractivity contribution in [2.75, 3.05) is 5.32 Å². The van der Waals surface area contributed by atoms with Gasteiger partial charge in [0.2, 0.25) is 11.8 Å². The predicted octanol–water partition coefficient (Wildman–Crippen LogP) is 3.23. The highest BCUT2D eigenvalue weighted by Crippen LogP contribution is 2.21. The van der Waals surface area contributed by atoms with E-state index in [0.717, 1.165) is 4.47 Å². The van der Waals surface area contributed by atoms with Gasteiger partial charge in [0.25, 0.3) is 5.69 Å². The van der Waals surface area contributed by atoms with Gasteiger partial charge in [0, 0.05) is 29.4 Å². The van der Waals surface area contributed by atoms with Crippen LogP contribution in [0.4, 0.5) is 11.4 Å². The zero-order chi connectivity index (χ0) is 18.9. The Labute approximate surface area is 157 Å². The van der Waals surface area contributed by atoms with E-state index in [1.807, 2.05) is 6.07 Å². The molecule has 2 aromatic rings. The van der Waals surface area contributed by atoms with Crippen LogP contribution in [0, 0.1) is 10.1 Å². The Morgan fingerprint density at radius 1 is 1.08 bits per heavy atom. The van der Waals surface area contributed by atoms with E-state index in [0.29, 0.717) is 11.3 Å². The molecule has 0 spiro atoms. The molecule has 0 aromatic heterocycles. The molecule has 9 heteroatoms. The van der Waals surface area contributed by atoms with E-state index in [9.17, 15) is 19.7 Å². The maximum atomic E-state index is 11.8. The van der Waals surface area contributed by atoms with Crippen molar-refractivity contribution >= 4 is 45.3 Å². The molecule has 0 unspecified atom stereocenters. The normalized spacial score (nSPS) is 10.5. The van der Waals surface area contributed by atoms with Gasteiger partial charge in [-0.2, -0.15) is 5.10 Å². The standard InChI is InChI=1S/C17H15BrN4O4/c18-14-3-1-2-4-15(14)20-16(23)9-10-17(24)21-19-11-12-5-7-13(8-6-12)22(25)26/h1-8,11H,9-10H2,(H,20,23)(H,21,24)/b19-11-. The molecule has 0 fully saturated rings. The van der Waals surface area contributed by atoms with E-state index >= 15 is 0 Å². The number of carbonyl (C=O) groups excluding carboxylic acids is 2. The number of nitrogens with zero attached hydrogens (tertiary/aromatic N) is 2. The summed E-state index contributed by atoms with van der Waals surface area (Å²) in [6, 6.07) is 12.9. The van der Waals surface area contributed by atoms with Crippen LogP contribution in [0.3, 0.4) is 0 Å². The fourth-order valence-electron chi connectivity index (χ4n) is 1.92. The Kier molecular flexibility index (Phi) is 6.98. The summed E-state index contributed by atoms with van der Waals surface area (Å²) in [6.07, 6.45) is 1.36. The van der Waals surface area contributed by atoms with Gasteiger partial charge in [-0.1, -0.05) is 12.1 Å². The summed E-state index contributed by atoms with van der Waals surface area (Å²) < 4.78 is 0.755. The van der Waals surface area contributed by atoms with Crippen molar-refractivity contribution in [2.24, 2.45) is 5.10 Å². The molecule has 0 heterocycles. The van der Waals surface area contributed by atoms with Crippen LogP contribution >= 0.6 is 15.9 Å². The molecule has 26 heavy (non-hydrogen) atoms. The first-order valence-electron chi connectivity index (χ1n) is 7.56. The molecule has 0 aliphatic heterocycles. The van der Waals surface area contributed by atoms with Crippen LogP contribution in [0.15, 0.2) is 58.1 Å². The molecule has 0 aliphatic carbocycles. The largest absolute Gasteiger partial charge is 0.325 e. The smallest absolute Gasteiger partial charge is 0.269 e. The first kappa shape index (κ1) is 19.3. The minimum absolute atomic E-state index is 0.0141. The summed E-state index contributed by atoms with van der Waals surface area (Å²) in [7, 11) is 0. The minimum atomic E-state index is -0.498. The van der Waals surface area contributed by atoms with Crippen molar-refractivity contribution in [3.8, 4) is 0 Å². The predicted molar refractivity (Wildman–Crippen MR) is 101 cm³/mol. The molecule has 0 saturated heterocycles. The topological polar surface area (TPSA) is 114 Å². The average Bonchev–Trinajstić information content (AvgIpc) is 2.62. The average molecular weight is 419 g/mol. The maximum Gasteiger partial charge on any atom is 0.269 e. The lowest BCUT2D eigenvalue weighted by Crippen LogP contribution is -2.20. The van der Waals surface area contributed by atoms with Gasteiger partial charge in [-0.05, 0) is 45.8 Å². The number of hydrogen-bond donors (Lipinski definition) is 2. The number of para-hydroxylation sites is 1. The number of nitrogens with one attached hydrogen (secondary N) is 2. The SMILES string of the molecule is O=C(CCC(=O)Nc1ccccc1Br)N/N=C\c1ccc([N+](=O)[O-])cc1. The van der Waals surface area contributed by atoms with Crippen LogP contribution in [0.5, 0.6) is 0 Å². The van der Waals surface area contributed by atoms with Crippen LogP contribution in [-0.2, 0) is 9.59 Å². The zero-order valence-electron chi connectivity index (χ0n) is 13.5.